The van der Waals surface area contributed by atoms with Gasteiger partial charge in [-0.1, -0.05) is 6.92 Å². The highest BCUT2D eigenvalue weighted by molar-refractivity contribution is 5.95. The lowest BCUT2D eigenvalue weighted by atomic mass is 10.0. The van der Waals surface area contributed by atoms with Crippen molar-refractivity contribution in [2.75, 3.05) is 31.1 Å². The number of carboxylic acid groups (broad SMARTS) is 1. The third-order valence-electron chi connectivity index (χ3n) is 5.41. The zero-order chi connectivity index (χ0) is 19.7. The van der Waals surface area contributed by atoms with Gasteiger partial charge < -0.3 is 19.9 Å². The van der Waals surface area contributed by atoms with Crippen LogP contribution in [0.25, 0.3) is 10.9 Å². The number of aryl methyl sites for hydroxylation is 2. The van der Waals surface area contributed by atoms with Gasteiger partial charge in [-0.15, -0.1) is 0 Å². The second-order valence-electron chi connectivity index (χ2n) is 7.10. The molecule has 0 amide bonds. The minimum Gasteiger partial charge on any atom is -0.477 e. The number of nitrogens with zero attached hydrogens (tertiary/aromatic N) is 2. The maximum atomic E-state index is 15.2. The van der Waals surface area contributed by atoms with Crippen LogP contribution in [0.15, 0.2) is 17.1 Å². The molecule has 27 heavy (non-hydrogen) atoms. The molecule has 1 unspecified atom stereocenters. The Balaban J connectivity index is 2.12. The van der Waals surface area contributed by atoms with Gasteiger partial charge in [-0.05, 0) is 45.3 Å². The molecule has 1 atom stereocenters. The van der Waals surface area contributed by atoms with E-state index in [1.54, 1.807) is 17.6 Å². The molecule has 0 radical (unpaired) electrons. The molecule has 1 aromatic carbocycles. The molecule has 2 aromatic rings. The molecule has 0 aliphatic carbocycles. The van der Waals surface area contributed by atoms with E-state index in [0.29, 0.717) is 23.7 Å². The monoisotopic (exact) mass is 375 g/mol. The van der Waals surface area contributed by atoms with Crippen LogP contribution in [-0.2, 0) is 6.54 Å². The van der Waals surface area contributed by atoms with E-state index in [1.807, 2.05) is 11.8 Å². The van der Waals surface area contributed by atoms with E-state index < -0.39 is 17.2 Å². The van der Waals surface area contributed by atoms with E-state index >= 15 is 4.39 Å². The van der Waals surface area contributed by atoms with Gasteiger partial charge in [0.2, 0.25) is 5.43 Å². The lowest BCUT2D eigenvalue weighted by Crippen LogP contribution is -2.27. The number of hydrogen-bond donors (Lipinski definition) is 2. The average Bonchev–Trinajstić information content (AvgIpc) is 3.11. The van der Waals surface area contributed by atoms with Crippen molar-refractivity contribution in [3.05, 3.63) is 39.4 Å². The maximum Gasteiger partial charge on any atom is 0.341 e. The van der Waals surface area contributed by atoms with E-state index in [9.17, 15) is 14.7 Å². The van der Waals surface area contributed by atoms with Gasteiger partial charge in [-0.2, -0.15) is 0 Å². The number of pyridine rings is 1. The van der Waals surface area contributed by atoms with Crippen LogP contribution in [-0.4, -0.2) is 41.8 Å². The van der Waals surface area contributed by atoms with Crippen LogP contribution in [0.4, 0.5) is 10.1 Å². The van der Waals surface area contributed by atoms with Gasteiger partial charge in [-0.25, -0.2) is 9.18 Å². The Morgan fingerprint density at radius 1 is 1.41 bits per heavy atom. The summed E-state index contributed by atoms with van der Waals surface area (Å²) in [5, 5.41) is 12.8. The topological polar surface area (TPSA) is 74.6 Å². The number of carboxylic acids is 1. The Hall–Kier alpha value is -2.41. The van der Waals surface area contributed by atoms with Crippen LogP contribution in [0, 0.1) is 18.7 Å². The Morgan fingerprint density at radius 3 is 2.78 bits per heavy atom. The third kappa shape index (κ3) is 3.43. The summed E-state index contributed by atoms with van der Waals surface area (Å²) in [6.07, 6.45) is 2.34. The molecule has 3 rings (SSSR count). The number of hydrogen-bond acceptors (Lipinski definition) is 4. The lowest BCUT2D eigenvalue weighted by Gasteiger charge is -2.22. The van der Waals surface area contributed by atoms with Crippen molar-refractivity contribution < 1.29 is 14.3 Å². The smallest absolute Gasteiger partial charge is 0.341 e. The molecule has 6 nitrogen and oxygen atoms in total. The summed E-state index contributed by atoms with van der Waals surface area (Å²) in [6.45, 7) is 9.33. The highest BCUT2D eigenvalue weighted by atomic mass is 19.1. The van der Waals surface area contributed by atoms with E-state index in [1.165, 1.54) is 6.20 Å². The molecular formula is C20H26FN3O3. The molecule has 0 bridgehead atoms. The molecule has 2 heterocycles. The largest absolute Gasteiger partial charge is 0.477 e. The van der Waals surface area contributed by atoms with Crippen molar-refractivity contribution in [3.63, 3.8) is 0 Å². The number of carbonyl (C=O) groups is 1. The Morgan fingerprint density at radius 2 is 2.15 bits per heavy atom. The van der Waals surface area contributed by atoms with E-state index in [4.69, 9.17) is 0 Å². The first-order chi connectivity index (χ1) is 12.9. The van der Waals surface area contributed by atoms with Crippen LogP contribution >= 0.6 is 0 Å². The summed E-state index contributed by atoms with van der Waals surface area (Å²) < 4.78 is 16.9. The molecular weight excluding hydrogens is 349 g/mol. The lowest BCUT2D eigenvalue weighted by molar-refractivity contribution is 0.0695. The molecule has 1 fully saturated rings. The number of halogens is 1. The zero-order valence-electron chi connectivity index (χ0n) is 16.0. The second-order valence-corrected chi connectivity index (χ2v) is 7.10. The maximum absolute atomic E-state index is 15.2. The van der Waals surface area contributed by atoms with Crippen molar-refractivity contribution in [2.24, 2.45) is 5.92 Å². The third-order valence-corrected chi connectivity index (χ3v) is 5.41. The van der Waals surface area contributed by atoms with Crippen molar-refractivity contribution in [1.82, 2.24) is 9.88 Å². The Kier molecular flexibility index (Phi) is 5.51. The summed E-state index contributed by atoms with van der Waals surface area (Å²) >= 11 is 0. The molecule has 0 spiro atoms. The predicted molar refractivity (Wildman–Crippen MR) is 104 cm³/mol. The van der Waals surface area contributed by atoms with Crippen molar-refractivity contribution >= 4 is 22.6 Å². The number of nitrogens with one attached hydrogen (secondary N) is 1. The quantitative estimate of drug-likeness (QED) is 0.812. The van der Waals surface area contributed by atoms with Gasteiger partial charge in [-0.3, -0.25) is 4.79 Å². The number of aromatic nitrogens is 1. The zero-order valence-corrected chi connectivity index (χ0v) is 16.0. The van der Waals surface area contributed by atoms with Crippen LogP contribution in [0.5, 0.6) is 0 Å². The summed E-state index contributed by atoms with van der Waals surface area (Å²) in [7, 11) is 0. The highest BCUT2D eigenvalue weighted by Gasteiger charge is 2.27. The number of fused-ring (bicyclic) bond motifs is 1. The van der Waals surface area contributed by atoms with E-state index in [0.717, 1.165) is 32.6 Å². The Bertz CT molecular complexity index is 938. The second kappa shape index (κ2) is 7.68. The first-order valence-corrected chi connectivity index (χ1v) is 9.44. The summed E-state index contributed by atoms with van der Waals surface area (Å²) in [4.78, 5) is 26.1. The molecule has 0 saturated carbocycles. The van der Waals surface area contributed by atoms with Crippen molar-refractivity contribution in [1.29, 1.82) is 0 Å². The van der Waals surface area contributed by atoms with Gasteiger partial charge in [0.1, 0.15) is 11.4 Å². The molecule has 146 valence electrons. The summed E-state index contributed by atoms with van der Waals surface area (Å²) in [5.41, 5.74) is 0.330. The average molecular weight is 375 g/mol. The van der Waals surface area contributed by atoms with Crippen molar-refractivity contribution in [2.45, 2.75) is 33.7 Å². The highest BCUT2D eigenvalue weighted by Crippen LogP contribution is 2.32. The van der Waals surface area contributed by atoms with E-state index in [2.05, 4.69) is 12.2 Å². The molecule has 1 saturated heterocycles. The molecule has 1 aliphatic rings. The minimum atomic E-state index is -1.29. The van der Waals surface area contributed by atoms with E-state index in [-0.39, 0.29) is 16.5 Å². The number of benzene rings is 1. The first kappa shape index (κ1) is 19.4. The molecule has 7 heteroatoms. The van der Waals surface area contributed by atoms with Gasteiger partial charge >= 0.3 is 5.97 Å². The van der Waals surface area contributed by atoms with Gasteiger partial charge in [0, 0.05) is 31.4 Å². The summed E-state index contributed by atoms with van der Waals surface area (Å²) in [6, 6.07) is 1.70. The standard InChI is InChI=1S/C20H26FN3O3/c1-4-22-9-13-6-7-24(10-13)16-8-15-17(12(3)18(16)21)19(25)14(20(26)27)11-23(15)5-2/h8,11,13,22H,4-7,9-10H2,1-3H3,(H,26,27). The van der Waals surface area contributed by atoms with Crippen LogP contribution in [0.1, 0.15) is 36.2 Å². The molecule has 1 aliphatic heterocycles. The molecule has 1 aromatic heterocycles. The van der Waals surface area contributed by atoms with Crippen molar-refractivity contribution in [3.8, 4) is 0 Å². The fourth-order valence-electron chi connectivity index (χ4n) is 3.90. The number of rotatable bonds is 6. The Labute approximate surface area is 157 Å². The van der Waals surface area contributed by atoms with Gasteiger partial charge in [0.05, 0.1) is 16.6 Å². The normalized spacial score (nSPS) is 17.0. The minimum absolute atomic E-state index is 0.154. The summed E-state index contributed by atoms with van der Waals surface area (Å²) in [5.74, 6) is -1.27. The SMILES string of the molecule is CCNCC1CCN(c2cc3c(c(C)c2F)c(=O)c(C(=O)O)cn3CC)C1. The van der Waals surface area contributed by atoms with Crippen LogP contribution in [0.3, 0.4) is 0 Å². The van der Waals surface area contributed by atoms with Gasteiger partial charge in [0.15, 0.2) is 0 Å². The number of aromatic carboxylic acids is 1. The first-order valence-electron chi connectivity index (χ1n) is 9.44. The van der Waals surface area contributed by atoms with Crippen LogP contribution < -0.4 is 15.6 Å². The van der Waals surface area contributed by atoms with Crippen LogP contribution in [0.2, 0.25) is 0 Å². The fourth-order valence-corrected chi connectivity index (χ4v) is 3.90. The predicted octanol–water partition coefficient (Wildman–Crippen LogP) is 2.60. The number of anilines is 1. The fraction of sp³-hybridized carbons (Fsp3) is 0.500. The molecule has 2 N–H and O–H groups in total. The van der Waals surface area contributed by atoms with Gasteiger partial charge in [0.25, 0.3) is 0 Å².